The molecular formula is C9H16O5. The standard InChI is InChI=1S/C9H16O5/c1-4-9(5-2,8(12)13-3)14-6-7(10)11/h4-6H2,1-3H3,(H,10,11). The minimum atomic E-state index is -1.12. The third-order valence-corrected chi connectivity index (χ3v) is 2.17. The number of ether oxygens (including phenoxy) is 2. The van der Waals surface area contributed by atoms with E-state index in [0.29, 0.717) is 12.8 Å². The molecule has 82 valence electrons. The first-order valence-corrected chi connectivity index (χ1v) is 4.46. The lowest BCUT2D eigenvalue weighted by Gasteiger charge is -2.27. The molecule has 5 nitrogen and oxygen atoms in total. The highest BCUT2D eigenvalue weighted by atomic mass is 16.6. The molecule has 1 N–H and O–H groups in total. The second kappa shape index (κ2) is 5.59. The first-order valence-electron chi connectivity index (χ1n) is 4.46. The van der Waals surface area contributed by atoms with Crippen LogP contribution in [0.5, 0.6) is 0 Å². The Kier molecular flexibility index (Phi) is 5.15. The van der Waals surface area contributed by atoms with Crippen molar-refractivity contribution in [2.45, 2.75) is 32.3 Å². The smallest absolute Gasteiger partial charge is 0.338 e. The summed E-state index contributed by atoms with van der Waals surface area (Å²) in [5.74, 6) is -1.62. The van der Waals surface area contributed by atoms with Crippen LogP contribution in [-0.4, -0.2) is 36.4 Å². The number of hydrogen-bond acceptors (Lipinski definition) is 4. The Morgan fingerprint density at radius 3 is 2.07 bits per heavy atom. The summed E-state index contributed by atoms with van der Waals surface area (Å²) in [6, 6.07) is 0. The van der Waals surface area contributed by atoms with Gasteiger partial charge in [0.25, 0.3) is 0 Å². The van der Waals surface area contributed by atoms with Gasteiger partial charge in [0.2, 0.25) is 0 Å². The summed E-state index contributed by atoms with van der Waals surface area (Å²) >= 11 is 0. The van der Waals surface area contributed by atoms with E-state index in [1.165, 1.54) is 7.11 Å². The average Bonchev–Trinajstić information content (AvgIpc) is 2.19. The van der Waals surface area contributed by atoms with Crippen molar-refractivity contribution in [1.82, 2.24) is 0 Å². The SMILES string of the molecule is CCC(CC)(OCC(=O)O)C(=O)OC. The summed E-state index contributed by atoms with van der Waals surface area (Å²) in [5, 5.41) is 8.45. The Morgan fingerprint density at radius 2 is 1.79 bits per heavy atom. The van der Waals surface area contributed by atoms with Gasteiger partial charge in [-0.1, -0.05) is 13.8 Å². The van der Waals surface area contributed by atoms with Crippen LogP contribution in [-0.2, 0) is 19.1 Å². The number of carboxylic acids is 1. The van der Waals surface area contributed by atoms with Crippen molar-refractivity contribution < 1.29 is 24.2 Å². The van der Waals surface area contributed by atoms with Gasteiger partial charge in [0, 0.05) is 0 Å². The van der Waals surface area contributed by atoms with Crippen molar-refractivity contribution in [2.24, 2.45) is 0 Å². The van der Waals surface area contributed by atoms with Crippen molar-refractivity contribution in [3.8, 4) is 0 Å². The number of carbonyl (C=O) groups is 2. The zero-order valence-corrected chi connectivity index (χ0v) is 8.70. The van der Waals surface area contributed by atoms with Gasteiger partial charge in [-0.2, -0.15) is 0 Å². The van der Waals surface area contributed by atoms with E-state index in [0.717, 1.165) is 0 Å². The summed E-state index contributed by atoms with van der Waals surface area (Å²) in [6.07, 6.45) is 0.785. The highest BCUT2D eigenvalue weighted by molar-refractivity contribution is 5.80. The lowest BCUT2D eigenvalue weighted by Crippen LogP contribution is -2.42. The molecule has 0 aliphatic carbocycles. The van der Waals surface area contributed by atoms with Crippen LogP contribution in [0.25, 0.3) is 0 Å². The molecule has 14 heavy (non-hydrogen) atoms. The van der Waals surface area contributed by atoms with Crippen LogP contribution in [0.1, 0.15) is 26.7 Å². The number of rotatable bonds is 6. The summed E-state index contributed by atoms with van der Waals surface area (Å²) in [6.45, 7) is 3.02. The average molecular weight is 204 g/mol. The Bertz CT molecular complexity index is 207. The van der Waals surface area contributed by atoms with Crippen molar-refractivity contribution >= 4 is 11.9 Å². The molecule has 0 radical (unpaired) electrons. The minimum absolute atomic E-state index is 0.392. The van der Waals surface area contributed by atoms with Crippen LogP contribution in [0.4, 0.5) is 0 Å². The number of hydrogen-bond donors (Lipinski definition) is 1. The first-order chi connectivity index (χ1) is 6.52. The summed E-state index contributed by atoms with van der Waals surface area (Å²) in [5.41, 5.74) is -1.12. The second-order valence-corrected chi connectivity index (χ2v) is 2.88. The second-order valence-electron chi connectivity index (χ2n) is 2.88. The van der Waals surface area contributed by atoms with Gasteiger partial charge in [-0.05, 0) is 12.8 Å². The molecule has 0 fully saturated rings. The quantitative estimate of drug-likeness (QED) is 0.648. The highest BCUT2D eigenvalue weighted by Crippen LogP contribution is 2.21. The molecule has 0 atom stereocenters. The molecule has 0 spiro atoms. The minimum Gasteiger partial charge on any atom is -0.480 e. The normalized spacial score (nSPS) is 11.1. The van der Waals surface area contributed by atoms with Crippen molar-refractivity contribution in [3.05, 3.63) is 0 Å². The van der Waals surface area contributed by atoms with E-state index in [1.54, 1.807) is 13.8 Å². The molecule has 0 aromatic carbocycles. The number of carboxylic acid groups (broad SMARTS) is 1. The van der Waals surface area contributed by atoms with Gasteiger partial charge in [0.1, 0.15) is 6.61 Å². The van der Waals surface area contributed by atoms with E-state index in [1.807, 2.05) is 0 Å². The lowest BCUT2D eigenvalue weighted by molar-refractivity contribution is -0.175. The molecule has 0 aliphatic rings. The monoisotopic (exact) mass is 204 g/mol. The van der Waals surface area contributed by atoms with Crippen LogP contribution >= 0.6 is 0 Å². The molecule has 0 aromatic heterocycles. The Balaban J connectivity index is 4.52. The zero-order chi connectivity index (χ0) is 11.2. The zero-order valence-electron chi connectivity index (χ0n) is 8.70. The number of carbonyl (C=O) groups excluding carboxylic acids is 1. The molecular weight excluding hydrogens is 188 g/mol. The molecule has 0 saturated heterocycles. The van der Waals surface area contributed by atoms with Crippen LogP contribution in [0.15, 0.2) is 0 Å². The van der Waals surface area contributed by atoms with Crippen molar-refractivity contribution in [1.29, 1.82) is 0 Å². The number of methoxy groups -OCH3 is 1. The van der Waals surface area contributed by atoms with Crippen LogP contribution in [0.2, 0.25) is 0 Å². The molecule has 0 bridgehead atoms. The molecule has 0 aromatic rings. The van der Waals surface area contributed by atoms with Gasteiger partial charge in [0.05, 0.1) is 7.11 Å². The highest BCUT2D eigenvalue weighted by Gasteiger charge is 2.37. The Labute approximate surface area is 83.0 Å². The fourth-order valence-corrected chi connectivity index (χ4v) is 1.19. The largest absolute Gasteiger partial charge is 0.480 e. The van der Waals surface area contributed by atoms with Crippen LogP contribution < -0.4 is 0 Å². The third kappa shape index (κ3) is 2.99. The van der Waals surface area contributed by atoms with Gasteiger partial charge in [-0.25, -0.2) is 9.59 Å². The van der Waals surface area contributed by atoms with Gasteiger partial charge >= 0.3 is 11.9 Å². The van der Waals surface area contributed by atoms with Gasteiger partial charge in [-0.15, -0.1) is 0 Å². The van der Waals surface area contributed by atoms with Gasteiger partial charge < -0.3 is 14.6 Å². The molecule has 0 aliphatic heterocycles. The first kappa shape index (κ1) is 12.9. The van der Waals surface area contributed by atoms with Gasteiger partial charge in [0.15, 0.2) is 5.60 Å². The van der Waals surface area contributed by atoms with E-state index in [9.17, 15) is 9.59 Å². The molecule has 0 rings (SSSR count). The Morgan fingerprint density at radius 1 is 1.29 bits per heavy atom. The molecule has 5 heteroatoms. The van der Waals surface area contributed by atoms with E-state index < -0.39 is 24.1 Å². The molecule has 0 amide bonds. The fourth-order valence-electron chi connectivity index (χ4n) is 1.19. The maximum atomic E-state index is 11.4. The number of aliphatic carboxylic acids is 1. The van der Waals surface area contributed by atoms with Crippen molar-refractivity contribution in [3.63, 3.8) is 0 Å². The maximum Gasteiger partial charge on any atom is 0.338 e. The van der Waals surface area contributed by atoms with Crippen LogP contribution in [0.3, 0.4) is 0 Å². The van der Waals surface area contributed by atoms with E-state index in [4.69, 9.17) is 9.84 Å². The fraction of sp³-hybridized carbons (Fsp3) is 0.778. The van der Waals surface area contributed by atoms with E-state index in [-0.39, 0.29) is 0 Å². The predicted molar refractivity (Wildman–Crippen MR) is 48.9 cm³/mol. The summed E-state index contributed by atoms with van der Waals surface area (Å²) in [4.78, 5) is 21.7. The molecule has 0 unspecified atom stereocenters. The summed E-state index contributed by atoms with van der Waals surface area (Å²) < 4.78 is 9.64. The summed E-state index contributed by atoms with van der Waals surface area (Å²) in [7, 11) is 1.26. The Hall–Kier alpha value is -1.10. The van der Waals surface area contributed by atoms with E-state index >= 15 is 0 Å². The van der Waals surface area contributed by atoms with Crippen molar-refractivity contribution in [2.75, 3.05) is 13.7 Å². The van der Waals surface area contributed by atoms with Crippen LogP contribution in [0, 0.1) is 0 Å². The molecule has 0 heterocycles. The predicted octanol–water partition coefficient (Wildman–Crippen LogP) is 0.819. The van der Waals surface area contributed by atoms with E-state index in [2.05, 4.69) is 4.74 Å². The maximum absolute atomic E-state index is 11.4. The lowest BCUT2D eigenvalue weighted by atomic mass is 9.97. The third-order valence-electron chi connectivity index (χ3n) is 2.17. The number of esters is 1. The van der Waals surface area contributed by atoms with Gasteiger partial charge in [-0.3, -0.25) is 0 Å². The topological polar surface area (TPSA) is 72.8 Å². The molecule has 0 saturated carbocycles.